The molecule has 0 heterocycles. The number of alkyl halides is 3. The van der Waals surface area contributed by atoms with Crippen LogP contribution in [-0.2, 0) is 12.6 Å². The molecule has 31 heavy (non-hydrogen) atoms. The van der Waals surface area contributed by atoms with Gasteiger partial charge in [-0.3, -0.25) is 5.32 Å². The molecule has 0 aliphatic heterocycles. The van der Waals surface area contributed by atoms with Crippen molar-refractivity contribution in [3.8, 4) is 17.7 Å². The minimum absolute atomic E-state index is 0.0311. The highest BCUT2D eigenvalue weighted by Gasteiger charge is 2.31. The number of nitrogens with zero attached hydrogens (tertiary/aromatic N) is 2. The van der Waals surface area contributed by atoms with Gasteiger partial charge in [-0.15, -0.1) is 0 Å². The van der Waals surface area contributed by atoms with Gasteiger partial charge in [-0.25, -0.2) is 4.99 Å². The monoisotopic (exact) mass is 441 g/mol. The highest BCUT2D eigenvalue weighted by atomic mass is 32.2. The summed E-state index contributed by atoms with van der Waals surface area (Å²) in [6.07, 6.45) is -0.548. The Hall–Kier alpha value is -3.44. The van der Waals surface area contributed by atoms with Crippen molar-refractivity contribution in [1.29, 1.82) is 5.26 Å². The van der Waals surface area contributed by atoms with Crippen LogP contribution < -0.4 is 10.1 Å². The van der Waals surface area contributed by atoms with E-state index in [0.29, 0.717) is 12.2 Å². The summed E-state index contributed by atoms with van der Waals surface area (Å²) in [4.78, 5) is 4.17. The van der Waals surface area contributed by atoms with E-state index in [1.54, 1.807) is 24.6 Å². The molecule has 0 fully saturated rings. The number of para-hydroxylation sites is 1. The topological polar surface area (TPSA) is 57.4 Å². The van der Waals surface area contributed by atoms with Crippen LogP contribution in [0.15, 0.2) is 77.8 Å². The summed E-state index contributed by atoms with van der Waals surface area (Å²) in [6.45, 7) is 0. The van der Waals surface area contributed by atoms with Crippen molar-refractivity contribution in [2.75, 3.05) is 6.26 Å². The normalized spacial score (nSPS) is 11.6. The van der Waals surface area contributed by atoms with Crippen molar-refractivity contribution >= 4 is 22.6 Å². The SMILES string of the molecule is CSC(=Nc1cc(C(F)(F)F)ccc1Oc1ccccc1Cc1ccccc1)NC#N. The molecule has 158 valence electrons. The van der Waals surface area contributed by atoms with Gasteiger partial charge in [0.05, 0.1) is 5.56 Å². The molecule has 8 heteroatoms. The molecule has 0 radical (unpaired) electrons. The Morgan fingerprint density at radius 1 is 1.03 bits per heavy atom. The lowest BCUT2D eigenvalue weighted by Gasteiger charge is -2.15. The van der Waals surface area contributed by atoms with Gasteiger partial charge in [-0.05, 0) is 41.6 Å². The fourth-order valence-corrected chi connectivity index (χ4v) is 3.17. The van der Waals surface area contributed by atoms with Gasteiger partial charge >= 0.3 is 6.18 Å². The van der Waals surface area contributed by atoms with E-state index in [9.17, 15) is 13.2 Å². The third-order valence-electron chi connectivity index (χ3n) is 4.29. The molecule has 0 aliphatic carbocycles. The molecule has 0 bridgehead atoms. The average Bonchev–Trinajstić information content (AvgIpc) is 2.76. The van der Waals surface area contributed by atoms with Crippen molar-refractivity contribution in [3.05, 3.63) is 89.5 Å². The quantitative estimate of drug-likeness (QED) is 0.212. The van der Waals surface area contributed by atoms with E-state index >= 15 is 0 Å². The van der Waals surface area contributed by atoms with E-state index in [-0.39, 0.29) is 16.6 Å². The van der Waals surface area contributed by atoms with Gasteiger partial charge in [0.1, 0.15) is 11.4 Å². The lowest BCUT2D eigenvalue weighted by molar-refractivity contribution is -0.137. The second kappa shape index (κ2) is 10.0. The van der Waals surface area contributed by atoms with E-state index in [0.717, 1.165) is 35.0 Å². The number of benzene rings is 3. The largest absolute Gasteiger partial charge is 0.455 e. The maximum absolute atomic E-state index is 13.2. The van der Waals surface area contributed by atoms with E-state index in [1.165, 1.54) is 6.07 Å². The number of thioether (sulfide) groups is 1. The summed E-state index contributed by atoms with van der Waals surface area (Å²) < 4.78 is 45.7. The van der Waals surface area contributed by atoms with Crippen molar-refractivity contribution < 1.29 is 17.9 Å². The van der Waals surface area contributed by atoms with Gasteiger partial charge in [-0.1, -0.05) is 60.3 Å². The average molecular weight is 441 g/mol. The van der Waals surface area contributed by atoms with E-state index in [4.69, 9.17) is 10.00 Å². The second-order valence-electron chi connectivity index (χ2n) is 6.41. The van der Waals surface area contributed by atoms with Crippen LogP contribution >= 0.6 is 11.8 Å². The maximum Gasteiger partial charge on any atom is 0.416 e. The number of halogens is 3. The number of hydrogen-bond acceptors (Lipinski definition) is 4. The first kappa shape index (κ1) is 22.2. The molecule has 0 unspecified atom stereocenters. The van der Waals surface area contributed by atoms with Gasteiger partial charge in [-0.2, -0.15) is 18.4 Å². The predicted octanol–water partition coefficient (Wildman–Crippen LogP) is 6.51. The summed E-state index contributed by atoms with van der Waals surface area (Å²) >= 11 is 1.10. The number of amidine groups is 1. The molecule has 0 saturated heterocycles. The molecule has 0 aliphatic rings. The summed E-state index contributed by atoms with van der Waals surface area (Å²) in [5.74, 6) is 0.668. The van der Waals surface area contributed by atoms with Crippen LogP contribution in [0.2, 0.25) is 0 Å². The minimum Gasteiger partial charge on any atom is -0.455 e. The Labute approximate surface area is 182 Å². The number of nitrogens with one attached hydrogen (secondary N) is 1. The summed E-state index contributed by atoms with van der Waals surface area (Å²) in [5, 5.41) is 11.4. The Balaban J connectivity index is 2.01. The molecular formula is C23H18F3N3OS. The summed E-state index contributed by atoms with van der Waals surface area (Å²) in [7, 11) is 0. The molecule has 0 aromatic heterocycles. The van der Waals surface area contributed by atoms with Crippen LogP contribution in [0.5, 0.6) is 11.5 Å². The fraction of sp³-hybridized carbons (Fsp3) is 0.130. The standard InChI is InChI=1S/C23H18F3N3OS/c1-31-22(28-15-27)29-19-14-18(23(24,25)26)11-12-21(19)30-20-10-6-5-9-17(20)13-16-7-3-2-4-8-16/h2-12,14H,13H2,1H3,(H,28,29). The first-order valence-electron chi connectivity index (χ1n) is 9.19. The Kier molecular flexibility index (Phi) is 7.21. The second-order valence-corrected chi connectivity index (χ2v) is 7.21. The van der Waals surface area contributed by atoms with Gasteiger partial charge in [0.15, 0.2) is 17.1 Å². The third kappa shape index (κ3) is 6.03. The molecule has 3 rings (SSSR count). The highest BCUT2D eigenvalue weighted by molar-refractivity contribution is 8.13. The van der Waals surface area contributed by atoms with Crippen LogP contribution in [0.3, 0.4) is 0 Å². The molecule has 0 spiro atoms. The minimum atomic E-state index is -4.53. The maximum atomic E-state index is 13.2. The van der Waals surface area contributed by atoms with Crippen LogP contribution in [0.1, 0.15) is 16.7 Å². The van der Waals surface area contributed by atoms with E-state index in [1.807, 2.05) is 42.5 Å². The van der Waals surface area contributed by atoms with E-state index in [2.05, 4.69) is 10.3 Å². The molecule has 0 amide bonds. The number of ether oxygens (including phenoxy) is 1. The van der Waals surface area contributed by atoms with Crippen molar-refractivity contribution in [1.82, 2.24) is 5.32 Å². The zero-order valence-corrected chi connectivity index (χ0v) is 17.3. The Morgan fingerprint density at radius 3 is 2.42 bits per heavy atom. The first-order chi connectivity index (χ1) is 14.9. The van der Waals surface area contributed by atoms with Crippen molar-refractivity contribution in [2.45, 2.75) is 12.6 Å². The van der Waals surface area contributed by atoms with Gasteiger partial charge in [0, 0.05) is 6.42 Å². The van der Waals surface area contributed by atoms with Crippen LogP contribution in [0.4, 0.5) is 18.9 Å². The fourth-order valence-electron chi connectivity index (χ4n) is 2.83. The number of rotatable bonds is 5. The Bertz CT molecular complexity index is 1110. The third-order valence-corrected chi connectivity index (χ3v) is 4.87. The number of nitriles is 1. The smallest absolute Gasteiger partial charge is 0.416 e. The van der Waals surface area contributed by atoms with Gasteiger partial charge in [0.25, 0.3) is 0 Å². The Morgan fingerprint density at radius 2 is 1.74 bits per heavy atom. The highest BCUT2D eigenvalue weighted by Crippen LogP contribution is 2.39. The lowest BCUT2D eigenvalue weighted by atomic mass is 10.0. The van der Waals surface area contributed by atoms with E-state index < -0.39 is 11.7 Å². The van der Waals surface area contributed by atoms with Gasteiger partial charge in [0.2, 0.25) is 0 Å². The molecular weight excluding hydrogens is 423 g/mol. The van der Waals surface area contributed by atoms with Gasteiger partial charge < -0.3 is 4.74 Å². The molecule has 0 saturated carbocycles. The van der Waals surface area contributed by atoms with Crippen LogP contribution in [0, 0.1) is 11.5 Å². The predicted molar refractivity (Wildman–Crippen MR) is 117 cm³/mol. The van der Waals surface area contributed by atoms with Crippen LogP contribution in [0.25, 0.3) is 0 Å². The van der Waals surface area contributed by atoms with Crippen molar-refractivity contribution in [2.24, 2.45) is 4.99 Å². The lowest BCUT2D eigenvalue weighted by Crippen LogP contribution is -2.12. The zero-order chi connectivity index (χ0) is 22.3. The molecule has 3 aromatic carbocycles. The van der Waals surface area contributed by atoms with Crippen LogP contribution in [-0.4, -0.2) is 11.4 Å². The first-order valence-corrected chi connectivity index (χ1v) is 10.4. The summed E-state index contributed by atoms with van der Waals surface area (Å²) in [5.41, 5.74) is 1.07. The molecule has 3 aromatic rings. The zero-order valence-electron chi connectivity index (χ0n) is 16.5. The number of aliphatic imine (C=N–C) groups is 1. The van der Waals surface area contributed by atoms with Crippen molar-refractivity contribution in [3.63, 3.8) is 0 Å². The number of hydrogen-bond donors (Lipinski definition) is 1. The molecule has 1 N–H and O–H groups in total. The molecule has 0 atom stereocenters. The summed E-state index contributed by atoms with van der Waals surface area (Å²) in [6, 6.07) is 20.2. The molecule has 4 nitrogen and oxygen atoms in total.